The van der Waals surface area contributed by atoms with Crippen LogP contribution in [0.15, 0.2) is 48.0 Å². The molecule has 3 rings (SSSR count). The van der Waals surface area contributed by atoms with Gasteiger partial charge in [-0.3, -0.25) is 4.79 Å². The average Bonchev–Trinajstić information content (AvgIpc) is 2.89. The van der Waals surface area contributed by atoms with E-state index in [2.05, 4.69) is 0 Å². The molecule has 0 saturated carbocycles. The van der Waals surface area contributed by atoms with Crippen molar-refractivity contribution in [2.45, 2.75) is 13.3 Å². The summed E-state index contributed by atoms with van der Waals surface area (Å²) in [5.74, 6) is -1.73. The molecule has 1 aliphatic rings. The van der Waals surface area contributed by atoms with E-state index in [0.717, 1.165) is 22.1 Å². The molecule has 0 heterocycles. The van der Waals surface area contributed by atoms with Crippen LogP contribution in [0.3, 0.4) is 0 Å². The Morgan fingerprint density at radius 2 is 1.85 bits per heavy atom. The summed E-state index contributed by atoms with van der Waals surface area (Å²) in [5, 5.41) is 0. The van der Waals surface area contributed by atoms with E-state index in [0.29, 0.717) is 22.3 Å². The first-order chi connectivity index (χ1) is 12.5. The van der Waals surface area contributed by atoms with Crippen molar-refractivity contribution in [2.24, 2.45) is 0 Å². The Morgan fingerprint density at radius 1 is 1.15 bits per heavy atom. The number of fused-ring (bicyclic) bond motifs is 1. The topological polar surface area (TPSA) is 26.3 Å². The Hall–Kier alpha value is -2.40. The molecule has 26 heavy (non-hydrogen) atoms. The molecule has 0 atom stereocenters. The Bertz CT molecular complexity index is 931. The summed E-state index contributed by atoms with van der Waals surface area (Å²) < 4.78 is 33.4. The fraction of sp³-hybridized carbons (Fsp3) is 0.190. The van der Waals surface area contributed by atoms with Crippen LogP contribution in [0, 0.1) is 11.6 Å². The third-order valence-electron chi connectivity index (χ3n) is 4.47. The van der Waals surface area contributed by atoms with Crippen molar-refractivity contribution in [2.75, 3.05) is 13.4 Å². The minimum Gasteiger partial charge on any atom is -0.469 e. The van der Waals surface area contributed by atoms with Gasteiger partial charge in [-0.05, 0) is 41.5 Å². The number of carbonyl (C=O) groups is 1. The number of carbonyl (C=O) groups excluding carboxylic acids is 1. The molecule has 5 heteroatoms. The van der Waals surface area contributed by atoms with Gasteiger partial charge in [-0.25, -0.2) is 8.78 Å². The molecule has 0 spiro atoms. The third kappa shape index (κ3) is 3.19. The molecule has 0 aromatic heterocycles. The normalized spacial score (nSPS) is 15.1. The Balaban J connectivity index is 2.32. The molecular formula is C21H18F2O2S. The number of thioether (sulfide) groups is 1. The lowest BCUT2D eigenvalue weighted by Gasteiger charge is -2.13. The van der Waals surface area contributed by atoms with Crippen molar-refractivity contribution in [3.8, 4) is 0 Å². The van der Waals surface area contributed by atoms with Gasteiger partial charge in [0.15, 0.2) is 0 Å². The molecule has 0 fully saturated rings. The molecule has 2 aromatic rings. The molecule has 0 bridgehead atoms. The number of esters is 1. The van der Waals surface area contributed by atoms with Crippen LogP contribution in [0.1, 0.15) is 30.0 Å². The van der Waals surface area contributed by atoms with E-state index in [4.69, 9.17) is 4.74 Å². The van der Waals surface area contributed by atoms with Crippen LogP contribution in [-0.2, 0) is 9.53 Å². The molecule has 2 nitrogen and oxygen atoms in total. The van der Waals surface area contributed by atoms with Gasteiger partial charge >= 0.3 is 5.97 Å². The highest BCUT2D eigenvalue weighted by Gasteiger charge is 2.31. The van der Waals surface area contributed by atoms with E-state index in [9.17, 15) is 13.6 Å². The minimum absolute atomic E-state index is 0.0296. The van der Waals surface area contributed by atoms with E-state index < -0.39 is 17.6 Å². The number of rotatable bonds is 4. The van der Waals surface area contributed by atoms with E-state index in [1.807, 2.05) is 43.5 Å². The van der Waals surface area contributed by atoms with Crippen LogP contribution in [0.5, 0.6) is 0 Å². The fourth-order valence-electron chi connectivity index (χ4n) is 3.29. The molecule has 0 amide bonds. The molecule has 2 aromatic carbocycles. The van der Waals surface area contributed by atoms with Crippen molar-refractivity contribution >= 4 is 33.8 Å². The Labute approximate surface area is 155 Å². The lowest BCUT2D eigenvalue weighted by Crippen LogP contribution is -2.02. The number of methoxy groups -OCH3 is 1. The standard InChI is InChI=1S/C21H18F2O2S/c1-12-15(11-18(24)25-2)16-9-14(22)10-17(23)20(16)19(12)21(26-3)13-7-5-4-6-8-13/h4-10H,11H2,1-3H3. The fourth-order valence-corrected chi connectivity index (χ4v) is 4.12. The molecule has 0 saturated heterocycles. The summed E-state index contributed by atoms with van der Waals surface area (Å²) in [6.45, 7) is 1.84. The summed E-state index contributed by atoms with van der Waals surface area (Å²) in [7, 11) is 1.30. The quantitative estimate of drug-likeness (QED) is 0.659. The second-order valence-electron chi connectivity index (χ2n) is 5.94. The predicted octanol–water partition coefficient (Wildman–Crippen LogP) is 5.55. The molecular weight excluding hydrogens is 354 g/mol. The highest BCUT2D eigenvalue weighted by Crippen LogP contribution is 2.49. The maximum atomic E-state index is 14.8. The van der Waals surface area contributed by atoms with Gasteiger partial charge < -0.3 is 4.74 Å². The number of hydrogen-bond acceptors (Lipinski definition) is 3. The van der Waals surface area contributed by atoms with Crippen LogP contribution in [-0.4, -0.2) is 19.3 Å². The maximum Gasteiger partial charge on any atom is 0.310 e. The van der Waals surface area contributed by atoms with Gasteiger partial charge in [0.25, 0.3) is 0 Å². The van der Waals surface area contributed by atoms with Gasteiger partial charge in [0.1, 0.15) is 11.6 Å². The van der Waals surface area contributed by atoms with E-state index in [1.54, 1.807) is 0 Å². The monoisotopic (exact) mass is 372 g/mol. The summed E-state index contributed by atoms with van der Waals surface area (Å²) in [4.78, 5) is 12.7. The zero-order valence-electron chi connectivity index (χ0n) is 14.7. The average molecular weight is 372 g/mol. The lowest BCUT2D eigenvalue weighted by molar-refractivity contribution is -0.139. The number of allylic oxidation sites excluding steroid dienone is 2. The second kappa shape index (κ2) is 7.46. The van der Waals surface area contributed by atoms with Crippen LogP contribution in [0.4, 0.5) is 8.78 Å². The first kappa shape index (κ1) is 18.4. The summed E-state index contributed by atoms with van der Waals surface area (Å²) in [6, 6.07) is 11.8. The molecule has 0 unspecified atom stereocenters. The smallest absolute Gasteiger partial charge is 0.310 e. The first-order valence-corrected chi connectivity index (χ1v) is 9.30. The van der Waals surface area contributed by atoms with Crippen molar-refractivity contribution in [3.63, 3.8) is 0 Å². The van der Waals surface area contributed by atoms with E-state index >= 15 is 0 Å². The van der Waals surface area contributed by atoms with Gasteiger partial charge in [-0.2, -0.15) is 0 Å². The maximum absolute atomic E-state index is 14.8. The number of benzene rings is 2. The van der Waals surface area contributed by atoms with Gasteiger partial charge in [0.05, 0.1) is 13.5 Å². The molecule has 0 N–H and O–H groups in total. The predicted molar refractivity (Wildman–Crippen MR) is 102 cm³/mol. The van der Waals surface area contributed by atoms with Gasteiger partial charge in [-0.1, -0.05) is 30.3 Å². The molecule has 0 radical (unpaired) electrons. The van der Waals surface area contributed by atoms with Crippen LogP contribution in [0.25, 0.3) is 16.1 Å². The Morgan fingerprint density at radius 3 is 2.46 bits per heavy atom. The Kier molecular flexibility index (Phi) is 5.28. The van der Waals surface area contributed by atoms with Crippen LogP contribution in [0.2, 0.25) is 0 Å². The highest BCUT2D eigenvalue weighted by molar-refractivity contribution is 8.08. The highest BCUT2D eigenvalue weighted by atomic mass is 32.2. The summed E-state index contributed by atoms with van der Waals surface area (Å²) >= 11 is 1.50. The first-order valence-electron chi connectivity index (χ1n) is 8.08. The minimum atomic E-state index is -0.664. The van der Waals surface area contributed by atoms with Gasteiger partial charge in [0, 0.05) is 22.1 Å². The van der Waals surface area contributed by atoms with Crippen molar-refractivity contribution in [3.05, 3.63) is 76.4 Å². The SMILES string of the molecule is COC(=O)CC1=C(C)C(=C(SC)c2ccccc2)c2c(F)cc(F)cc21. The number of halogens is 2. The molecule has 0 aliphatic heterocycles. The van der Waals surface area contributed by atoms with Crippen molar-refractivity contribution in [1.29, 1.82) is 0 Å². The lowest BCUT2D eigenvalue weighted by atomic mass is 9.99. The van der Waals surface area contributed by atoms with Gasteiger partial charge in [0.2, 0.25) is 0 Å². The van der Waals surface area contributed by atoms with Crippen LogP contribution >= 0.6 is 11.8 Å². The number of hydrogen-bond donors (Lipinski definition) is 0. The van der Waals surface area contributed by atoms with Crippen molar-refractivity contribution < 1.29 is 18.3 Å². The zero-order valence-corrected chi connectivity index (χ0v) is 15.5. The van der Waals surface area contributed by atoms with Crippen LogP contribution < -0.4 is 0 Å². The largest absolute Gasteiger partial charge is 0.469 e. The summed E-state index contributed by atoms with van der Waals surface area (Å²) in [5.41, 5.74) is 3.78. The van der Waals surface area contributed by atoms with E-state index in [-0.39, 0.29) is 6.42 Å². The summed E-state index contributed by atoms with van der Waals surface area (Å²) in [6.07, 6.45) is 1.89. The third-order valence-corrected chi connectivity index (χ3v) is 5.32. The number of ether oxygens (including phenoxy) is 1. The molecule has 134 valence electrons. The van der Waals surface area contributed by atoms with Gasteiger partial charge in [-0.15, -0.1) is 11.8 Å². The molecule has 1 aliphatic carbocycles. The van der Waals surface area contributed by atoms with E-state index in [1.165, 1.54) is 24.9 Å². The van der Waals surface area contributed by atoms with Crippen molar-refractivity contribution in [1.82, 2.24) is 0 Å². The second-order valence-corrected chi connectivity index (χ2v) is 6.76. The zero-order chi connectivity index (χ0) is 18.8.